The third kappa shape index (κ3) is 9.49. The molecule has 4 rings (SSSR count). The zero-order valence-corrected chi connectivity index (χ0v) is 23.3. The van der Waals surface area contributed by atoms with Crippen LogP contribution in [0.3, 0.4) is 0 Å². The number of hydrogen-bond acceptors (Lipinski definition) is 4. The SMILES string of the molecule is O=C(Nc1ccc(OC(F)(F)F)c(F)c1)NC1CCN(C(=O)N2CCC(NC(=O)Nc3ccc(C(F)(F)F)c(F)c3)CC2)CC1. The molecule has 246 valence electrons. The van der Waals surface area contributed by atoms with Gasteiger partial charge in [0.2, 0.25) is 0 Å². The molecule has 2 fully saturated rings. The third-order valence-corrected chi connectivity index (χ3v) is 7.15. The summed E-state index contributed by atoms with van der Waals surface area (Å²) in [6, 6.07) is 2.23. The summed E-state index contributed by atoms with van der Waals surface area (Å²) in [4.78, 5) is 40.8. The summed E-state index contributed by atoms with van der Waals surface area (Å²) in [6.45, 7) is 1.30. The van der Waals surface area contributed by atoms with E-state index in [2.05, 4.69) is 26.0 Å². The van der Waals surface area contributed by atoms with Crippen molar-refractivity contribution in [3.8, 4) is 5.75 Å². The molecule has 2 aliphatic rings. The predicted octanol–water partition coefficient (Wildman–Crippen LogP) is 5.87. The topological polar surface area (TPSA) is 115 Å². The van der Waals surface area contributed by atoms with E-state index in [4.69, 9.17) is 0 Å². The second-order valence-corrected chi connectivity index (χ2v) is 10.4. The van der Waals surface area contributed by atoms with Crippen LogP contribution in [-0.4, -0.2) is 72.5 Å². The zero-order valence-electron chi connectivity index (χ0n) is 23.3. The molecule has 6 amide bonds. The highest BCUT2D eigenvalue weighted by molar-refractivity contribution is 5.90. The molecule has 18 heteroatoms. The van der Waals surface area contributed by atoms with Gasteiger partial charge in [0.25, 0.3) is 0 Å². The van der Waals surface area contributed by atoms with E-state index in [9.17, 15) is 49.5 Å². The Kier molecular flexibility index (Phi) is 10.1. The maximum Gasteiger partial charge on any atom is 0.573 e. The molecule has 2 saturated heterocycles. The van der Waals surface area contributed by atoms with Crippen LogP contribution in [0.15, 0.2) is 36.4 Å². The van der Waals surface area contributed by atoms with E-state index >= 15 is 0 Å². The molecule has 10 nitrogen and oxygen atoms in total. The number of carbonyl (C=O) groups excluding carboxylic acids is 3. The minimum Gasteiger partial charge on any atom is -0.403 e. The molecule has 0 saturated carbocycles. The summed E-state index contributed by atoms with van der Waals surface area (Å²) in [6.07, 6.45) is -8.29. The van der Waals surface area contributed by atoms with Crippen molar-refractivity contribution in [2.24, 2.45) is 0 Å². The first-order valence-electron chi connectivity index (χ1n) is 13.7. The summed E-state index contributed by atoms with van der Waals surface area (Å²) in [5.74, 6) is -3.86. The number of likely N-dealkylation sites (tertiary alicyclic amines) is 2. The number of alkyl halides is 6. The quantitative estimate of drug-likeness (QED) is 0.303. The lowest BCUT2D eigenvalue weighted by molar-refractivity contribution is -0.275. The molecule has 4 N–H and O–H groups in total. The van der Waals surface area contributed by atoms with Gasteiger partial charge in [-0.15, -0.1) is 13.2 Å². The van der Waals surface area contributed by atoms with Crippen molar-refractivity contribution in [3.63, 3.8) is 0 Å². The molecular weight excluding hydrogens is 624 g/mol. The molecule has 2 aliphatic heterocycles. The van der Waals surface area contributed by atoms with Gasteiger partial charge in [-0.25, -0.2) is 23.2 Å². The van der Waals surface area contributed by atoms with Crippen molar-refractivity contribution in [1.82, 2.24) is 20.4 Å². The van der Waals surface area contributed by atoms with Gasteiger partial charge in [-0.1, -0.05) is 0 Å². The van der Waals surface area contributed by atoms with Crippen LogP contribution < -0.4 is 26.0 Å². The number of nitrogens with one attached hydrogen (secondary N) is 4. The van der Waals surface area contributed by atoms with Crippen LogP contribution >= 0.6 is 0 Å². The van der Waals surface area contributed by atoms with Gasteiger partial charge in [0.05, 0.1) is 5.56 Å². The Morgan fingerprint density at radius 1 is 0.689 bits per heavy atom. The van der Waals surface area contributed by atoms with Crippen LogP contribution in [-0.2, 0) is 6.18 Å². The number of anilines is 2. The van der Waals surface area contributed by atoms with Gasteiger partial charge in [-0.05, 0) is 56.0 Å². The first kappa shape index (κ1) is 33.4. The van der Waals surface area contributed by atoms with Crippen molar-refractivity contribution >= 4 is 29.5 Å². The maximum atomic E-state index is 13.9. The number of piperidine rings is 2. The molecule has 2 aromatic carbocycles. The molecule has 2 heterocycles. The normalized spacial score (nSPS) is 16.6. The van der Waals surface area contributed by atoms with E-state index in [1.807, 2.05) is 0 Å². The molecule has 2 aromatic rings. The Morgan fingerprint density at radius 2 is 1.13 bits per heavy atom. The molecule has 0 spiro atoms. The predicted molar refractivity (Wildman–Crippen MR) is 143 cm³/mol. The monoisotopic (exact) mass is 652 g/mol. The highest BCUT2D eigenvalue weighted by Gasteiger charge is 2.35. The minimum absolute atomic E-state index is 0.0870. The van der Waals surface area contributed by atoms with Crippen molar-refractivity contribution < 1.29 is 54.2 Å². The molecule has 0 aromatic heterocycles. The number of nitrogens with zero attached hydrogens (tertiary/aromatic N) is 2. The Morgan fingerprint density at radius 3 is 1.53 bits per heavy atom. The lowest BCUT2D eigenvalue weighted by Crippen LogP contribution is -2.54. The van der Waals surface area contributed by atoms with Gasteiger partial charge < -0.3 is 35.8 Å². The van der Waals surface area contributed by atoms with E-state index in [1.54, 1.807) is 9.80 Å². The largest absolute Gasteiger partial charge is 0.573 e. The van der Waals surface area contributed by atoms with Crippen LogP contribution in [0, 0.1) is 11.6 Å². The smallest absolute Gasteiger partial charge is 0.403 e. The number of carbonyl (C=O) groups is 3. The lowest BCUT2D eigenvalue weighted by atomic mass is 10.0. The van der Waals surface area contributed by atoms with E-state index < -0.39 is 47.5 Å². The average molecular weight is 653 g/mol. The van der Waals surface area contributed by atoms with Crippen LogP contribution in [0.5, 0.6) is 5.75 Å². The summed E-state index contributed by atoms with van der Waals surface area (Å²) >= 11 is 0. The molecule has 45 heavy (non-hydrogen) atoms. The van der Waals surface area contributed by atoms with Crippen molar-refractivity contribution in [1.29, 1.82) is 0 Å². The van der Waals surface area contributed by atoms with Gasteiger partial charge in [-0.2, -0.15) is 13.2 Å². The number of rotatable bonds is 5. The minimum atomic E-state index is -5.07. The van der Waals surface area contributed by atoms with Crippen molar-refractivity contribution in [2.45, 2.75) is 50.3 Å². The fourth-order valence-electron chi connectivity index (χ4n) is 4.94. The lowest BCUT2D eigenvalue weighted by Gasteiger charge is -2.38. The van der Waals surface area contributed by atoms with E-state index in [0.717, 1.165) is 18.2 Å². The number of halogens is 8. The number of benzene rings is 2. The van der Waals surface area contributed by atoms with Crippen LogP contribution in [0.2, 0.25) is 0 Å². The van der Waals surface area contributed by atoms with Crippen LogP contribution in [0.4, 0.5) is 60.9 Å². The highest BCUT2D eigenvalue weighted by atomic mass is 19.4. The fourth-order valence-corrected chi connectivity index (χ4v) is 4.94. The molecule has 0 aliphatic carbocycles. The van der Waals surface area contributed by atoms with Gasteiger partial charge >= 0.3 is 30.6 Å². The maximum absolute atomic E-state index is 13.9. The number of urea groups is 3. The van der Waals surface area contributed by atoms with Gasteiger partial charge in [0.1, 0.15) is 5.82 Å². The van der Waals surface area contributed by atoms with Crippen LogP contribution in [0.25, 0.3) is 0 Å². The van der Waals surface area contributed by atoms with Gasteiger partial charge in [0.15, 0.2) is 11.6 Å². The van der Waals surface area contributed by atoms with E-state index in [-0.39, 0.29) is 29.5 Å². The number of amides is 6. The van der Waals surface area contributed by atoms with Gasteiger partial charge in [-0.3, -0.25) is 0 Å². The standard InChI is InChI=1S/C27H28F8N6O4/c28-20-13-17(1-3-19(20)26(30,31)32)38-23(42)36-15-5-9-40(10-6-15)25(44)41-11-7-16(8-12-41)37-24(43)39-18-2-4-22(21(29)14-18)45-27(33,34)35/h1-4,13-16H,5-12H2,(H2,36,38,42)(H2,37,39,43). The molecular formula is C27H28F8N6O4. The molecule has 0 radical (unpaired) electrons. The Labute approximate surface area is 251 Å². The summed E-state index contributed by atoms with van der Waals surface area (Å²) in [5, 5.41) is 9.98. The average Bonchev–Trinajstić information content (AvgIpc) is 2.93. The summed E-state index contributed by atoms with van der Waals surface area (Å²) in [7, 11) is 0. The second-order valence-electron chi connectivity index (χ2n) is 10.4. The van der Waals surface area contributed by atoms with Crippen molar-refractivity contribution in [2.75, 3.05) is 36.8 Å². The van der Waals surface area contributed by atoms with E-state index in [1.165, 1.54) is 0 Å². The summed E-state index contributed by atoms with van der Waals surface area (Å²) < 4.78 is 106. The Hall–Kier alpha value is -4.51. The van der Waals surface area contributed by atoms with E-state index in [0.29, 0.717) is 70.1 Å². The summed E-state index contributed by atoms with van der Waals surface area (Å²) in [5.41, 5.74) is -1.68. The molecule has 0 bridgehead atoms. The number of ether oxygens (including phenoxy) is 1. The second kappa shape index (κ2) is 13.6. The fraction of sp³-hybridized carbons (Fsp3) is 0.444. The third-order valence-electron chi connectivity index (χ3n) is 7.15. The number of hydrogen-bond donors (Lipinski definition) is 4. The molecule has 0 atom stereocenters. The Bertz CT molecular complexity index is 1390. The van der Waals surface area contributed by atoms with Crippen LogP contribution in [0.1, 0.15) is 31.2 Å². The van der Waals surface area contributed by atoms with Gasteiger partial charge in [0, 0.05) is 55.7 Å². The molecule has 0 unspecified atom stereocenters. The van der Waals surface area contributed by atoms with Crippen molar-refractivity contribution in [3.05, 3.63) is 53.6 Å². The zero-order chi connectivity index (χ0) is 32.9. The first-order valence-corrected chi connectivity index (χ1v) is 13.7. The highest BCUT2D eigenvalue weighted by Crippen LogP contribution is 2.32. The Balaban J connectivity index is 1.16. The first-order chi connectivity index (χ1) is 21.1.